The van der Waals surface area contributed by atoms with Gasteiger partial charge in [0.1, 0.15) is 16.5 Å². The summed E-state index contributed by atoms with van der Waals surface area (Å²) in [5.41, 5.74) is 3.31. The molecule has 0 saturated carbocycles. The molecule has 30 heavy (non-hydrogen) atoms. The third-order valence-electron chi connectivity index (χ3n) is 5.62. The zero-order valence-corrected chi connectivity index (χ0v) is 18.7. The number of hydrogen-bond acceptors (Lipinski definition) is 6. The minimum atomic E-state index is -0.0524. The maximum absolute atomic E-state index is 11.2. The summed E-state index contributed by atoms with van der Waals surface area (Å²) < 4.78 is 0. The van der Waals surface area contributed by atoms with Crippen molar-refractivity contribution in [3.63, 3.8) is 0 Å². The summed E-state index contributed by atoms with van der Waals surface area (Å²) in [5.74, 6) is 1.81. The Kier molecular flexibility index (Phi) is 6.29. The number of anilines is 2. The average Bonchev–Trinajstić information content (AvgIpc) is 3.31. The van der Waals surface area contributed by atoms with Crippen LogP contribution in [0.1, 0.15) is 41.6 Å². The van der Waals surface area contributed by atoms with Gasteiger partial charge in [0.05, 0.1) is 11.9 Å². The van der Waals surface area contributed by atoms with Crippen LogP contribution in [0.15, 0.2) is 24.3 Å². The molecule has 1 aliphatic rings. The number of nitrogens with one attached hydrogen (secondary N) is 2. The fourth-order valence-corrected chi connectivity index (χ4v) is 4.96. The molecule has 0 spiro atoms. The van der Waals surface area contributed by atoms with Crippen LogP contribution in [0.25, 0.3) is 10.2 Å². The first-order chi connectivity index (χ1) is 14.5. The molecule has 7 heteroatoms. The van der Waals surface area contributed by atoms with Gasteiger partial charge in [-0.05, 0) is 69.5 Å². The number of aromatic nitrogens is 2. The Labute approximate surface area is 181 Å². The first kappa shape index (κ1) is 20.8. The number of aryl methyl sites for hydroxylation is 2. The van der Waals surface area contributed by atoms with Crippen LogP contribution in [0.5, 0.6) is 0 Å². The van der Waals surface area contributed by atoms with Gasteiger partial charge in [0.15, 0.2) is 0 Å². The Morgan fingerprint density at radius 2 is 1.87 bits per heavy atom. The number of hydrogen-bond donors (Lipinski definition) is 2. The summed E-state index contributed by atoms with van der Waals surface area (Å²) >= 11 is 1.76. The van der Waals surface area contributed by atoms with Crippen molar-refractivity contribution in [3.05, 3.63) is 46.1 Å². The Bertz CT molecular complexity index is 1040. The lowest BCUT2D eigenvalue weighted by atomic mass is 10.1. The lowest BCUT2D eigenvalue weighted by Crippen LogP contribution is -2.20. The Balaban J connectivity index is 1.48. The highest BCUT2D eigenvalue weighted by Crippen LogP contribution is 2.33. The fraction of sp³-hybridized carbons (Fsp3) is 0.435. The van der Waals surface area contributed by atoms with E-state index in [2.05, 4.69) is 41.5 Å². The predicted molar refractivity (Wildman–Crippen MR) is 124 cm³/mol. The van der Waals surface area contributed by atoms with Crippen molar-refractivity contribution in [2.24, 2.45) is 0 Å². The molecule has 0 radical (unpaired) electrons. The minimum absolute atomic E-state index is 0.0524. The Morgan fingerprint density at radius 1 is 1.13 bits per heavy atom. The molecular weight excluding hydrogens is 394 g/mol. The third-order valence-corrected chi connectivity index (χ3v) is 6.72. The zero-order chi connectivity index (χ0) is 21.1. The Hall–Kier alpha value is -2.51. The van der Waals surface area contributed by atoms with Crippen molar-refractivity contribution in [3.8, 4) is 0 Å². The highest BCUT2D eigenvalue weighted by atomic mass is 32.1. The minimum Gasteiger partial charge on any atom is -0.369 e. The second-order valence-electron chi connectivity index (χ2n) is 7.99. The van der Waals surface area contributed by atoms with Gasteiger partial charge in [-0.2, -0.15) is 0 Å². The van der Waals surface area contributed by atoms with Crippen molar-refractivity contribution < 1.29 is 4.79 Å². The number of rotatable bonds is 7. The molecule has 2 aromatic heterocycles. The summed E-state index contributed by atoms with van der Waals surface area (Å²) in [7, 11) is 0. The van der Waals surface area contributed by atoms with Crippen LogP contribution < -0.4 is 10.6 Å². The van der Waals surface area contributed by atoms with Gasteiger partial charge in [-0.3, -0.25) is 9.69 Å². The topological polar surface area (TPSA) is 70.2 Å². The monoisotopic (exact) mass is 423 g/mol. The van der Waals surface area contributed by atoms with E-state index in [1.54, 1.807) is 11.3 Å². The van der Waals surface area contributed by atoms with Gasteiger partial charge in [0, 0.05) is 24.0 Å². The van der Waals surface area contributed by atoms with Crippen LogP contribution in [0.2, 0.25) is 0 Å². The Morgan fingerprint density at radius 3 is 2.57 bits per heavy atom. The van der Waals surface area contributed by atoms with Crippen LogP contribution in [0.4, 0.5) is 11.5 Å². The van der Waals surface area contributed by atoms with Crippen molar-refractivity contribution in [1.29, 1.82) is 0 Å². The number of amides is 1. The molecule has 1 amide bonds. The second kappa shape index (κ2) is 9.10. The number of benzene rings is 1. The van der Waals surface area contributed by atoms with Crippen molar-refractivity contribution >= 4 is 39.0 Å². The molecular formula is C23H29N5OS. The smallest absolute Gasteiger partial charge is 0.221 e. The number of fused-ring (bicyclic) bond motifs is 1. The molecule has 1 aromatic carbocycles. The quantitative estimate of drug-likeness (QED) is 0.585. The summed E-state index contributed by atoms with van der Waals surface area (Å²) in [6, 6.07) is 8.00. The summed E-state index contributed by atoms with van der Waals surface area (Å²) in [6.45, 7) is 9.73. The number of likely N-dealkylation sites (tertiary alicyclic amines) is 1. The van der Waals surface area contributed by atoms with E-state index in [4.69, 9.17) is 9.97 Å². The standard InChI is InChI=1S/C23H29N5OS/c1-15-16(2)30-23-21(15)22(26-20(27-23)14-28-12-4-5-13-28)24-11-10-18-6-8-19(9-7-18)25-17(3)29/h6-9H,4-5,10-14H2,1-3H3,(H,25,29)(H,24,26,27). The van der Waals surface area contributed by atoms with Gasteiger partial charge in [-0.25, -0.2) is 9.97 Å². The van der Waals surface area contributed by atoms with E-state index in [-0.39, 0.29) is 5.91 Å². The van der Waals surface area contributed by atoms with Gasteiger partial charge < -0.3 is 10.6 Å². The van der Waals surface area contributed by atoms with Gasteiger partial charge in [-0.1, -0.05) is 12.1 Å². The first-order valence-corrected chi connectivity index (χ1v) is 11.4. The van der Waals surface area contributed by atoms with Crippen molar-refractivity contribution in [2.75, 3.05) is 30.3 Å². The molecule has 3 heterocycles. The molecule has 0 unspecified atom stereocenters. The van der Waals surface area contributed by atoms with Crippen molar-refractivity contribution in [2.45, 2.75) is 46.6 Å². The molecule has 4 rings (SSSR count). The van der Waals surface area contributed by atoms with E-state index in [0.29, 0.717) is 0 Å². The van der Waals surface area contributed by atoms with Gasteiger partial charge in [0.2, 0.25) is 5.91 Å². The van der Waals surface area contributed by atoms with E-state index < -0.39 is 0 Å². The van der Waals surface area contributed by atoms with Crippen LogP contribution >= 0.6 is 11.3 Å². The molecule has 1 fully saturated rings. The number of carbonyl (C=O) groups is 1. The number of nitrogens with zero attached hydrogens (tertiary/aromatic N) is 3. The fourth-order valence-electron chi connectivity index (χ4n) is 3.92. The molecule has 1 aliphatic heterocycles. The van der Waals surface area contributed by atoms with E-state index >= 15 is 0 Å². The van der Waals surface area contributed by atoms with E-state index in [0.717, 1.165) is 60.1 Å². The lowest BCUT2D eigenvalue weighted by molar-refractivity contribution is -0.114. The summed E-state index contributed by atoms with van der Waals surface area (Å²) in [5, 5.41) is 7.53. The number of thiophene rings is 1. The highest BCUT2D eigenvalue weighted by Gasteiger charge is 2.18. The van der Waals surface area contributed by atoms with Gasteiger partial charge in [0.25, 0.3) is 0 Å². The zero-order valence-electron chi connectivity index (χ0n) is 17.9. The highest BCUT2D eigenvalue weighted by molar-refractivity contribution is 7.18. The SMILES string of the molecule is CC(=O)Nc1ccc(CCNc2nc(CN3CCCC3)nc3sc(C)c(C)c23)cc1. The van der Waals surface area contributed by atoms with Crippen LogP contribution in [-0.4, -0.2) is 40.4 Å². The van der Waals surface area contributed by atoms with Gasteiger partial charge in [-0.15, -0.1) is 11.3 Å². The average molecular weight is 424 g/mol. The normalized spacial score (nSPS) is 14.4. The molecule has 2 N–H and O–H groups in total. The van der Waals surface area contributed by atoms with Crippen LogP contribution in [0, 0.1) is 13.8 Å². The maximum atomic E-state index is 11.2. The molecule has 0 aliphatic carbocycles. The van der Waals surface area contributed by atoms with Crippen molar-refractivity contribution in [1.82, 2.24) is 14.9 Å². The van der Waals surface area contributed by atoms with Crippen LogP contribution in [0.3, 0.4) is 0 Å². The van der Waals surface area contributed by atoms with E-state index in [1.165, 1.54) is 35.8 Å². The summed E-state index contributed by atoms with van der Waals surface area (Å²) in [6.07, 6.45) is 3.42. The maximum Gasteiger partial charge on any atom is 0.221 e. The van der Waals surface area contributed by atoms with Gasteiger partial charge >= 0.3 is 0 Å². The largest absolute Gasteiger partial charge is 0.369 e. The molecule has 6 nitrogen and oxygen atoms in total. The third kappa shape index (κ3) is 4.79. The van der Waals surface area contributed by atoms with Crippen LogP contribution in [-0.2, 0) is 17.8 Å². The van der Waals surface area contributed by atoms with E-state index in [9.17, 15) is 4.79 Å². The molecule has 158 valence electrons. The lowest BCUT2D eigenvalue weighted by Gasteiger charge is -2.15. The molecule has 1 saturated heterocycles. The summed E-state index contributed by atoms with van der Waals surface area (Å²) in [4.78, 5) is 25.8. The van der Waals surface area contributed by atoms with E-state index in [1.807, 2.05) is 12.1 Å². The molecule has 0 bridgehead atoms. The number of carbonyl (C=O) groups excluding carboxylic acids is 1. The second-order valence-corrected chi connectivity index (χ2v) is 9.19. The molecule has 0 atom stereocenters. The molecule has 3 aromatic rings. The predicted octanol–water partition coefficient (Wildman–Crippen LogP) is 4.52. The first-order valence-electron chi connectivity index (χ1n) is 10.6.